The molecule has 2 nitrogen and oxygen atoms in total. The first-order valence-corrected chi connectivity index (χ1v) is 6.59. The van der Waals surface area contributed by atoms with Gasteiger partial charge in [0, 0.05) is 17.9 Å². The Morgan fingerprint density at radius 3 is 2.94 bits per heavy atom. The number of nitrogens with one attached hydrogen (secondary N) is 1. The lowest BCUT2D eigenvalue weighted by atomic mass is 9.98. The molecule has 1 heterocycles. The Hall–Kier alpha value is -0.860. The van der Waals surface area contributed by atoms with E-state index < -0.39 is 0 Å². The van der Waals surface area contributed by atoms with Gasteiger partial charge in [0.2, 0.25) is 0 Å². The minimum absolute atomic E-state index is 0.296. The van der Waals surface area contributed by atoms with Crippen LogP contribution in [0.15, 0.2) is 24.3 Å². The van der Waals surface area contributed by atoms with E-state index in [0.717, 1.165) is 25.1 Å². The van der Waals surface area contributed by atoms with Crippen LogP contribution < -0.4 is 5.32 Å². The Morgan fingerprint density at radius 2 is 2.24 bits per heavy atom. The van der Waals surface area contributed by atoms with Gasteiger partial charge >= 0.3 is 0 Å². The molecule has 1 aliphatic rings. The van der Waals surface area contributed by atoms with Crippen molar-refractivity contribution in [2.24, 2.45) is 5.92 Å². The number of halogens is 1. The number of ketones is 1. The third-order valence-corrected chi connectivity index (χ3v) is 3.71. The monoisotopic (exact) mass is 251 g/mol. The van der Waals surface area contributed by atoms with Gasteiger partial charge in [-0.3, -0.25) is 4.79 Å². The Morgan fingerprint density at radius 1 is 1.41 bits per heavy atom. The molecule has 1 saturated heterocycles. The SMILES string of the molecule is O=C(CCC1CCNC1)Cc1ccccc1Cl. The first-order chi connectivity index (χ1) is 8.25. The summed E-state index contributed by atoms with van der Waals surface area (Å²) in [5.41, 5.74) is 0.948. The molecule has 3 heteroatoms. The second kappa shape index (κ2) is 6.18. The highest BCUT2D eigenvalue weighted by molar-refractivity contribution is 6.31. The molecular weight excluding hydrogens is 234 g/mol. The molecule has 1 aliphatic heterocycles. The van der Waals surface area contributed by atoms with E-state index in [4.69, 9.17) is 11.6 Å². The van der Waals surface area contributed by atoms with E-state index in [1.54, 1.807) is 0 Å². The maximum absolute atomic E-state index is 11.8. The van der Waals surface area contributed by atoms with Gasteiger partial charge in [0.25, 0.3) is 0 Å². The van der Waals surface area contributed by atoms with Crippen molar-refractivity contribution in [2.45, 2.75) is 25.7 Å². The number of carbonyl (C=O) groups excluding carboxylic acids is 1. The molecular formula is C14H18ClNO. The van der Waals surface area contributed by atoms with E-state index in [-0.39, 0.29) is 0 Å². The van der Waals surface area contributed by atoms with Crippen LogP contribution in [0, 0.1) is 5.92 Å². The van der Waals surface area contributed by atoms with Crippen molar-refractivity contribution < 1.29 is 4.79 Å². The highest BCUT2D eigenvalue weighted by Crippen LogP contribution is 2.18. The van der Waals surface area contributed by atoms with Gasteiger partial charge in [-0.25, -0.2) is 0 Å². The lowest BCUT2D eigenvalue weighted by Gasteiger charge is -2.07. The molecule has 0 aromatic heterocycles. The number of carbonyl (C=O) groups is 1. The van der Waals surface area contributed by atoms with Crippen LogP contribution in [0.3, 0.4) is 0 Å². The zero-order valence-corrected chi connectivity index (χ0v) is 10.7. The molecule has 1 aromatic rings. The van der Waals surface area contributed by atoms with Crippen LogP contribution in [0.2, 0.25) is 5.02 Å². The van der Waals surface area contributed by atoms with Gasteiger partial charge in [-0.15, -0.1) is 0 Å². The first kappa shape index (κ1) is 12.6. The lowest BCUT2D eigenvalue weighted by Crippen LogP contribution is -2.11. The maximum atomic E-state index is 11.8. The molecule has 0 radical (unpaired) electrons. The zero-order chi connectivity index (χ0) is 12.1. The summed E-state index contributed by atoms with van der Waals surface area (Å²) in [6.07, 6.45) is 3.37. The van der Waals surface area contributed by atoms with E-state index >= 15 is 0 Å². The third-order valence-electron chi connectivity index (χ3n) is 3.34. The quantitative estimate of drug-likeness (QED) is 0.872. The van der Waals surface area contributed by atoms with E-state index in [0.29, 0.717) is 29.6 Å². The van der Waals surface area contributed by atoms with E-state index in [1.165, 1.54) is 6.42 Å². The van der Waals surface area contributed by atoms with Crippen LogP contribution in [0.25, 0.3) is 0 Å². The van der Waals surface area contributed by atoms with Crippen molar-refractivity contribution in [1.82, 2.24) is 5.32 Å². The van der Waals surface area contributed by atoms with Crippen LogP contribution in [0.4, 0.5) is 0 Å². The van der Waals surface area contributed by atoms with E-state index in [9.17, 15) is 4.79 Å². The highest BCUT2D eigenvalue weighted by atomic mass is 35.5. The average molecular weight is 252 g/mol. The molecule has 0 saturated carbocycles. The van der Waals surface area contributed by atoms with Crippen LogP contribution >= 0.6 is 11.6 Å². The van der Waals surface area contributed by atoms with Crippen molar-refractivity contribution in [2.75, 3.05) is 13.1 Å². The maximum Gasteiger partial charge on any atom is 0.137 e. The molecule has 0 spiro atoms. The molecule has 1 fully saturated rings. The minimum atomic E-state index is 0.296. The fraction of sp³-hybridized carbons (Fsp3) is 0.500. The van der Waals surface area contributed by atoms with Crippen molar-refractivity contribution >= 4 is 17.4 Å². The Kier molecular flexibility index (Phi) is 4.57. The highest BCUT2D eigenvalue weighted by Gasteiger charge is 2.16. The van der Waals surface area contributed by atoms with Gasteiger partial charge < -0.3 is 5.32 Å². The van der Waals surface area contributed by atoms with Gasteiger partial charge in [-0.05, 0) is 43.5 Å². The molecule has 0 aliphatic carbocycles. The van der Waals surface area contributed by atoms with Gasteiger partial charge in [-0.1, -0.05) is 29.8 Å². The van der Waals surface area contributed by atoms with Crippen LogP contribution in [0.5, 0.6) is 0 Å². The summed E-state index contributed by atoms with van der Waals surface area (Å²) in [6, 6.07) is 7.58. The lowest BCUT2D eigenvalue weighted by molar-refractivity contribution is -0.118. The fourth-order valence-corrected chi connectivity index (χ4v) is 2.47. The summed E-state index contributed by atoms with van der Waals surface area (Å²) in [5, 5.41) is 4.02. The van der Waals surface area contributed by atoms with Crippen LogP contribution in [-0.2, 0) is 11.2 Å². The summed E-state index contributed by atoms with van der Waals surface area (Å²) in [5.74, 6) is 0.982. The molecule has 92 valence electrons. The molecule has 1 aromatic carbocycles. The Bertz CT molecular complexity index is 386. The van der Waals surface area contributed by atoms with E-state index in [2.05, 4.69) is 5.32 Å². The van der Waals surface area contributed by atoms with Crippen molar-refractivity contribution in [1.29, 1.82) is 0 Å². The Balaban J connectivity index is 1.79. The number of Topliss-reactive ketones (excluding diaryl/α,β-unsaturated/α-hetero) is 1. The second-order valence-electron chi connectivity index (χ2n) is 4.70. The molecule has 2 rings (SSSR count). The van der Waals surface area contributed by atoms with Gasteiger partial charge in [-0.2, -0.15) is 0 Å². The summed E-state index contributed by atoms with van der Waals surface area (Å²) in [7, 11) is 0. The van der Waals surface area contributed by atoms with Gasteiger partial charge in [0.05, 0.1) is 0 Å². The van der Waals surface area contributed by atoms with Crippen LogP contribution in [0.1, 0.15) is 24.8 Å². The molecule has 1 unspecified atom stereocenters. The predicted molar refractivity (Wildman–Crippen MR) is 70.4 cm³/mol. The standard InChI is InChI=1S/C14H18ClNO/c15-14-4-2-1-3-12(14)9-13(17)6-5-11-7-8-16-10-11/h1-4,11,16H,5-10H2. The third kappa shape index (κ3) is 3.83. The molecule has 0 bridgehead atoms. The van der Waals surface area contributed by atoms with Gasteiger partial charge in [0.1, 0.15) is 5.78 Å². The van der Waals surface area contributed by atoms with E-state index in [1.807, 2.05) is 24.3 Å². The van der Waals surface area contributed by atoms with Crippen molar-refractivity contribution in [3.63, 3.8) is 0 Å². The average Bonchev–Trinajstić information content (AvgIpc) is 2.82. The largest absolute Gasteiger partial charge is 0.316 e. The zero-order valence-electron chi connectivity index (χ0n) is 9.92. The molecule has 1 N–H and O–H groups in total. The normalized spacial score (nSPS) is 19.5. The number of hydrogen-bond acceptors (Lipinski definition) is 2. The topological polar surface area (TPSA) is 29.1 Å². The summed E-state index contributed by atoms with van der Waals surface area (Å²) in [4.78, 5) is 11.8. The number of rotatable bonds is 5. The van der Waals surface area contributed by atoms with Crippen LogP contribution in [-0.4, -0.2) is 18.9 Å². The van der Waals surface area contributed by atoms with Crippen molar-refractivity contribution in [3.05, 3.63) is 34.9 Å². The second-order valence-corrected chi connectivity index (χ2v) is 5.11. The van der Waals surface area contributed by atoms with Crippen molar-refractivity contribution in [3.8, 4) is 0 Å². The molecule has 17 heavy (non-hydrogen) atoms. The fourth-order valence-electron chi connectivity index (χ4n) is 2.27. The minimum Gasteiger partial charge on any atom is -0.316 e. The molecule has 1 atom stereocenters. The first-order valence-electron chi connectivity index (χ1n) is 6.21. The Labute approximate surface area is 107 Å². The number of benzene rings is 1. The molecule has 0 amide bonds. The summed E-state index contributed by atoms with van der Waals surface area (Å²) in [6.45, 7) is 2.17. The summed E-state index contributed by atoms with van der Waals surface area (Å²) >= 11 is 6.03. The predicted octanol–water partition coefficient (Wildman–Crippen LogP) is 2.84. The smallest absolute Gasteiger partial charge is 0.137 e. The number of hydrogen-bond donors (Lipinski definition) is 1. The summed E-state index contributed by atoms with van der Waals surface area (Å²) < 4.78 is 0. The van der Waals surface area contributed by atoms with Gasteiger partial charge in [0.15, 0.2) is 0 Å².